The molecule has 0 aliphatic rings. The monoisotopic (exact) mass is 529 g/mol. The minimum atomic E-state index is -4.68. The molecular weight excluding hydrogens is 511 g/mol. The van der Waals surface area contributed by atoms with Crippen LogP contribution in [0.4, 0.5) is 13.2 Å². The summed E-state index contributed by atoms with van der Waals surface area (Å²) in [6.45, 7) is 2.22. The predicted molar refractivity (Wildman–Crippen MR) is 128 cm³/mol. The number of fused-ring (bicyclic) bond motifs is 1. The van der Waals surface area contributed by atoms with Gasteiger partial charge in [-0.15, -0.1) is 0 Å². The molecule has 3 aromatic carbocycles. The fourth-order valence-electron chi connectivity index (χ4n) is 3.42. The highest BCUT2D eigenvalue weighted by Crippen LogP contribution is 2.31. The molecule has 0 unspecified atom stereocenters. The number of ether oxygens (including phenoxy) is 1. The molecule has 1 heterocycles. The van der Waals surface area contributed by atoms with E-state index in [1.807, 2.05) is 6.92 Å². The molecule has 0 bridgehead atoms. The highest BCUT2D eigenvalue weighted by Gasteiger charge is 2.31. The van der Waals surface area contributed by atoms with Crippen molar-refractivity contribution in [2.75, 3.05) is 6.61 Å². The van der Waals surface area contributed by atoms with Crippen LogP contribution in [-0.4, -0.2) is 36.5 Å². The van der Waals surface area contributed by atoms with E-state index in [2.05, 4.69) is 15.1 Å². The van der Waals surface area contributed by atoms with E-state index in [4.69, 9.17) is 9.02 Å². The molecule has 12 heteroatoms. The van der Waals surface area contributed by atoms with Gasteiger partial charge in [-0.2, -0.15) is 21.6 Å². The SMILES string of the molecule is CCOc1ccc(C(=O)/C(=N/OS(=O)(=O)c2ccc(C(F)(F)F)cc2)c2ncccn2)c2ccccc12. The van der Waals surface area contributed by atoms with Gasteiger partial charge in [-0.25, -0.2) is 9.97 Å². The Morgan fingerprint density at radius 3 is 2.19 bits per heavy atom. The van der Waals surface area contributed by atoms with E-state index >= 15 is 0 Å². The standard InChI is InChI=1S/C25H18F3N3O5S/c1-2-35-21-13-12-20(18-6-3-4-7-19(18)21)23(32)22(24-29-14-5-15-30-24)31-36-37(33,34)17-10-8-16(9-11-17)25(26,27)28/h3-15H,2H2,1H3/b31-22-. The summed E-state index contributed by atoms with van der Waals surface area (Å²) >= 11 is 0. The Morgan fingerprint density at radius 1 is 0.919 bits per heavy atom. The van der Waals surface area contributed by atoms with Crippen LogP contribution in [0.15, 0.2) is 89.2 Å². The zero-order valence-corrected chi connectivity index (χ0v) is 20.0. The molecule has 8 nitrogen and oxygen atoms in total. The van der Waals surface area contributed by atoms with Gasteiger partial charge in [0.1, 0.15) is 10.6 Å². The van der Waals surface area contributed by atoms with Crippen LogP contribution in [0.1, 0.15) is 28.7 Å². The lowest BCUT2D eigenvalue weighted by Gasteiger charge is -2.12. The largest absolute Gasteiger partial charge is 0.493 e. The predicted octanol–water partition coefficient (Wildman–Crippen LogP) is 5.04. The molecule has 0 fully saturated rings. The van der Waals surface area contributed by atoms with Crippen LogP contribution >= 0.6 is 0 Å². The van der Waals surface area contributed by atoms with Crippen molar-refractivity contribution in [2.45, 2.75) is 18.0 Å². The van der Waals surface area contributed by atoms with Gasteiger partial charge in [-0.05, 0) is 54.8 Å². The third-order valence-corrected chi connectivity index (χ3v) is 6.24. The van der Waals surface area contributed by atoms with Crippen molar-refractivity contribution in [3.8, 4) is 5.75 Å². The van der Waals surface area contributed by atoms with Gasteiger partial charge in [0.15, 0.2) is 11.5 Å². The molecule has 0 N–H and O–H groups in total. The number of hydrogen-bond acceptors (Lipinski definition) is 8. The molecule has 0 atom stereocenters. The summed E-state index contributed by atoms with van der Waals surface area (Å²) in [6, 6.07) is 14.2. The molecule has 0 aliphatic heterocycles. The quantitative estimate of drug-likeness (QED) is 0.179. The summed E-state index contributed by atoms with van der Waals surface area (Å²) in [5.41, 5.74) is -1.41. The first-order chi connectivity index (χ1) is 17.6. The third-order valence-electron chi connectivity index (χ3n) is 5.12. The Kier molecular flexibility index (Phi) is 7.21. The van der Waals surface area contributed by atoms with E-state index in [1.165, 1.54) is 24.5 Å². The summed E-state index contributed by atoms with van der Waals surface area (Å²) in [6.07, 6.45) is -2.00. The maximum Gasteiger partial charge on any atom is 0.416 e. The van der Waals surface area contributed by atoms with Crippen LogP contribution in [0.5, 0.6) is 5.75 Å². The van der Waals surface area contributed by atoms with Gasteiger partial charge in [-0.1, -0.05) is 29.4 Å². The first-order valence-electron chi connectivity index (χ1n) is 10.8. The van der Waals surface area contributed by atoms with Crippen molar-refractivity contribution in [2.24, 2.45) is 5.16 Å². The molecule has 190 valence electrons. The molecule has 0 amide bonds. The smallest absolute Gasteiger partial charge is 0.416 e. The lowest BCUT2D eigenvalue weighted by Crippen LogP contribution is -2.20. The van der Waals surface area contributed by atoms with Crippen LogP contribution in [0.3, 0.4) is 0 Å². The third kappa shape index (κ3) is 5.59. The van der Waals surface area contributed by atoms with Crippen LogP contribution < -0.4 is 4.74 Å². The van der Waals surface area contributed by atoms with Crippen molar-refractivity contribution in [3.05, 3.63) is 96.1 Å². The maximum atomic E-state index is 13.6. The highest BCUT2D eigenvalue weighted by molar-refractivity contribution is 7.86. The summed E-state index contributed by atoms with van der Waals surface area (Å²) < 4.78 is 74.1. The van der Waals surface area contributed by atoms with Gasteiger partial charge < -0.3 is 4.74 Å². The Balaban J connectivity index is 1.75. The topological polar surface area (TPSA) is 108 Å². The van der Waals surface area contributed by atoms with Gasteiger partial charge in [0.2, 0.25) is 5.78 Å². The number of oxime groups is 1. The molecule has 0 radical (unpaired) electrons. The summed E-state index contributed by atoms with van der Waals surface area (Å²) in [4.78, 5) is 21.0. The van der Waals surface area contributed by atoms with Gasteiger partial charge in [-0.3, -0.25) is 9.08 Å². The van der Waals surface area contributed by atoms with E-state index in [9.17, 15) is 26.4 Å². The zero-order chi connectivity index (χ0) is 26.6. The van der Waals surface area contributed by atoms with Crippen molar-refractivity contribution in [3.63, 3.8) is 0 Å². The average Bonchev–Trinajstić information content (AvgIpc) is 2.89. The molecule has 1 aromatic heterocycles. The van der Waals surface area contributed by atoms with Crippen LogP contribution in [0, 0.1) is 0 Å². The number of hydrogen-bond donors (Lipinski definition) is 0. The normalized spacial score (nSPS) is 12.4. The van der Waals surface area contributed by atoms with Crippen LogP contribution in [-0.2, 0) is 20.6 Å². The highest BCUT2D eigenvalue weighted by atomic mass is 32.2. The minimum Gasteiger partial charge on any atom is -0.493 e. The fraction of sp³-hybridized carbons (Fsp3) is 0.120. The molecule has 4 aromatic rings. The number of carbonyl (C=O) groups excluding carboxylic acids is 1. The van der Waals surface area contributed by atoms with E-state index < -0.39 is 38.2 Å². The number of ketones is 1. The zero-order valence-electron chi connectivity index (χ0n) is 19.1. The van der Waals surface area contributed by atoms with Gasteiger partial charge >= 0.3 is 16.3 Å². The second-order valence-corrected chi connectivity index (χ2v) is 9.01. The van der Waals surface area contributed by atoms with Crippen molar-refractivity contribution >= 4 is 32.4 Å². The number of carbonyl (C=O) groups is 1. The molecule has 0 aliphatic carbocycles. The van der Waals surface area contributed by atoms with E-state index in [0.29, 0.717) is 35.3 Å². The lowest BCUT2D eigenvalue weighted by molar-refractivity contribution is -0.137. The first-order valence-corrected chi connectivity index (χ1v) is 12.2. The van der Waals surface area contributed by atoms with Gasteiger partial charge in [0.25, 0.3) is 0 Å². The van der Waals surface area contributed by atoms with Gasteiger partial charge in [0.05, 0.1) is 12.2 Å². The van der Waals surface area contributed by atoms with Crippen molar-refractivity contribution in [1.29, 1.82) is 0 Å². The Bertz CT molecular complexity index is 1570. The number of rotatable bonds is 8. The maximum absolute atomic E-state index is 13.6. The van der Waals surface area contributed by atoms with Crippen molar-refractivity contribution < 1.29 is 35.4 Å². The average molecular weight is 529 g/mol. The molecule has 0 saturated carbocycles. The Morgan fingerprint density at radius 2 is 1.57 bits per heavy atom. The summed E-state index contributed by atoms with van der Waals surface area (Å²) in [7, 11) is -4.68. The molecule has 0 spiro atoms. The fourth-order valence-corrected chi connectivity index (χ4v) is 4.15. The number of benzene rings is 3. The lowest BCUT2D eigenvalue weighted by atomic mass is 9.98. The minimum absolute atomic E-state index is 0.154. The number of Topliss-reactive ketones (excluding diaryl/α,β-unsaturated/α-hetero) is 1. The molecule has 4 rings (SSSR count). The van der Waals surface area contributed by atoms with Crippen LogP contribution in [0.2, 0.25) is 0 Å². The number of alkyl halides is 3. The van der Waals surface area contributed by atoms with Crippen LogP contribution in [0.25, 0.3) is 10.8 Å². The van der Waals surface area contributed by atoms with E-state index in [1.54, 1.807) is 30.3 Å². The summed E-state index contributed by atoms with van der Waals surface area (Å²) in [5, 5.41) is 4.70. The number of aromatic nitrogens is 2. The Labute approximate surface area is 209 Å². The first kappa shape index (κ1) is 25.8. The molecule has 0 saturated heterocycles. The van der Waals surface area contributed by atoms with E-state index in [-0.39, 0.29) is 11.4 Å². The molecular formula is C25H18F3N3O5S. The van der Waals surface area contributed by atoms with Crippen molar-refractivity contribution in [1.82, 2.24) is 9.97 Å². The van der Waals surface area contributed by atoms with Gasteiger partial charge in [0, 0.05) is 23.3 Å². The number of halogens is 3. The second kappa shape index (κ2) is 10.3. The molecule has 37 heavy (non-hydrogen) atoms. The summed E-state index contributed by atoms with van der Waals surface area (Å²) in [5.74, 6) is -0.411. The second-order valence-electron chi connectivity index (χ2n) is 7.48. The number of nitrogens with zero attached hydrogens (tertiary/aromatic N) is 3. The Hall–Kier alpha value is -4.32. The van der Waals surface area contributed by atoms with E-state index in [0.717, 1.165) is 12.1 Å².